The highest BCUT2D eigenvalue weighted by molar-refractivity contribution is 5.84. The Morgan fingerprint density at radius 2 is 1.92 bits per heavy atom. The summed E-state index contributed by atoms with van der Waals surface area (Å²) < 4.78 is 85.8. The molecule has 0 unspecified atom stereocenters. The van der Waals surface area contributed by atoms with Gasteiger partial charge in [-0.05, 0) is 49.3 Å². The molecule has 2 fully saturated rings. The number of hydrogen-bond donors (Lipinski definition) is 1. The number of nitrogens with one attached hydrogen (secondary N) is 1. The van der Waals surface area contributed by atoms with E-state index in [9.17, 15) is 31.1 Å². The lowest BCUT2D eigenvalue weighted by atomic mass is 9.78. The van der Waals surface area contributed by atoms with Gasteiger partial charge in [0.05, 0.1) is 11.0 Å². The third kappa shape index (κ3) is 4.76. The summed E-state index contributed by atoms with van der Waals surface area (Å²) in [5, 5.41) is 3.44. The van der Waals surface area contributed by atoms with E-state index in [1.807, 2.05) is 0 Å². The van der Waals surface area contributed by atoms with Crippen molar-refractivity contribution < 1.29 is 35.9 Å². The highest BCUT2D eigenvalue weighted by atomic mass is 19.4. The first-order chi connectivity index (χ1) is 18.4. The molecule has 3 heterocycles. The van der Waals surface area contributed by atoms with Gasteiger partial charge in [0.2, 0.25) is 5.91 Å². The van der Waals surface area contributed by atoms with Crippen LogP contribution in [-0.4, -0.2) is 40.7 Å². The van der Waals surface area contributed by atoms with Crippen LogP contribution in [0.2, 0.25) is 0 Å². The largest absolute Gasteiger partial charge is 0.481 e. The zero-order valence-electron chi connectivity index (χ0n) is 21.1. The highest BCUT2D eigenvalue weighted by Crippen LogP contribution is 2.56. The third-order valence-corrected chi connectivity index (χ3v) is 9.03. The fourth-order valence-electron chi connectivity index (χ4n) is 7.25. The molecule has 1 N–H and O–H groups in total. The van der Waals surface area contributed by atoms with E-state index in [4.69, 9.17) is 4.74 Å². The number of alkyl halides is 6. The maximum atomic E-state index is 14.0. The first-order valence-corrected chi connectivity index (χ1v) is 13.4. The minimum atomic E-state index is -4.51. The van der Waals surface area contributed by atoms with Crippen molar-refractivity contribution in [2.75, 3.05) is 6.54 Å². The molecule has 2 aromatic rings. The standard InChI is InChI=1S/C28H29F6N3O2/c29-27(30,31)18-10-16-15-37(9-7-21(16)35-14-18)25(38)26-8-3-4-17(26)11-19(13-26)36-22-12-24(28(32,33)34)39-23-6-2-1-5-20(22)23/h1-2,5-6,10,14,17,19,22,24,36H,3-4,7-9,11-13,15H2/t17-,19-,22+,24-,26-/m1/s1. The number of carbonyl (C=O) groups is 1. The number of rotatable bonds is 3. The van der Waals surface area contributed by atoms with E-state index in [2.05, 4.69) is 10.3 Å². The Labute approximate surface area is 221 Å². The Morgan fingerprint density at radius 3 is 2.69 bits per heavy atom. The molecule has 6 rings (SSSR count). The molecule has 1 aromatic heterocycles. The van der Waals surface area contributed by atoms with E-state index in [0.717, 1.165) is 25.1 Å². The molecule has 1 aromatic carbocycles. The zero-order chi connectivity index (χ0) is 27.6. The van der Waals surface area contributed by atoms with E-state index in [1.165, 1.54) is 0 Å². The van der Waals surface area contributed by atoms with Crippen LogP contribution in [0.1, 0.15) is 67.0 Å². The van der Waals surface area contributed by atoms with Crippen LogP contribution in [0.25, 0.3) is 0 Å². The normalized spacial score (nSPS) is 30.4. The number of para-hydroxylation sites is 1. The fraction of sp³-hybridized carbons (Fsp3) is 0.571. The number of hydrogen-bond acceptors (Lipinski definition) is 4. The van der Waals surface area contributed by atoms with E-state index in [-0.39, 0.29) is 36.6 Å². The van der Waals surface area contributed by atoms with Crippen LogP contribution in [0.5, 0.6) is 5.75 Å². The predicted octanol–water partition coefficient (Wildman–Crippen LogP) is 5.98. The van der Waals surface area contributed by atoms with Crippen molar-refractivity contribution in [1.82, 2.24) is 15.2 Å². The number of pyridine rings is 1. The summed E-state index contributed by atoms with van der Waals surface area (Å²) in [6, 6.07) is 7.10. The lowest BCUT2D eigenvalue weighted by Gasteiger charge is -2.38. The smallest absolute Gasteiger partial charge is 0.425 e. The Morgan fingerprint density at radius 1 is 1.13 bits per heavy atom. The fourth-order valence-corrected chi connectivity index (χ4v) is 7.25. The minimum Gasteiger partial charge on any atom is -0.481 e. The van der Waals surface area contributed by atoms with Crippen LogP contribution in [0.4, 0.5) is 26.3 Å². The topological polar surface area (TPSA) is 54.5 Å². The van der Waals surface area contributed by atoms with Gasteiger partial charge in [-0.1, -0.05) is 24.6 Å². The third-order valence-electron chi connectivity index (χ3n) is 9.03. The Bertz CT molecular complexity index is 1260. The van der Waals surface area contributed by atoms with Crippen molar-refractivity contribution in [3.05, 3.63) is 58.9 Å². The number of aromatic nitrogens is 1. The van der Waals surface area contributed by atoms with Gasteiger partial charge >= 0.3 is 12.4 Å². The van der Waals surface area contributed by atoms with Crippen molar-refractivity contribution in [3.8, 4) is 5.75 Å². The van der Waals surface area contributed by atoms with Crippen LogP contribution in [0.15, 0.2) is 36.5 Å². The number of nitrogens with zero attached hydrogens (tertiary/aromatic N) is 2. The van der Waals surface area contributed by atoms with Gasteiger partial charge in [-0.15, -0.1) is 0 Å². The second-order valence-electron chi connectivity index (χ2n) is 11.3. The first kappa shape index (κ1) is 26.4. The zero-order valence-corrected chi connectivity index (χ0v) is 21.1. The van der Waals surface area contributed by atoms with E-state index in [0.29, 0.717) is 49.0 Å². The molecule has 0 saturated heterocycles. The summed E-state index contributed by atoms with van der Waals surface area (Å²) in [5.41, 5.74) is 0.191. The SMILES string of the molecule is O=C(N1CCc2ncc(C(F)(F)F)cc2C1)[C@@]12CCC[C@@H]1C[C@@H](N[C@H]1C[C@H](C(F)(F)F)Oc3ccccc31)C2. The van der Waals surface area contributed by atoms with Crippen LogP contribution >= 0.6 is 0 Å². The second kappa shape index (κ2) is 9.38. The summed E-state index contributed by atoms with van der Waals surface area (Å²) in [6.07, 6.45) is -6.37. The average molecular weight is 554 g/mol. The molecule has 39 heavy (non-hydrogen) atoms. The van der Waals surface area contributed by atoms with Crippen molar-refractivity contribution in [2.45, 2.75) is 82.0 Å². The number of halogens is 6. The Balaban J connectivity index is 1.20. The molecule has 210 valence electrons. The maximum absolute atomic E-state index is 14.0. The number of fused-ring (bicyclic) bond motifs is 3. The molecular formula is C28H29F6N3O2. The van der Waals surface area contributed by atoms with Crippen molar-refractivity contribution in [1.29, 1.82) is 0 Å². The average Bonchev–Trinajstić information content (AvgIpc) is 3.44. The number of carbonyl (C=O) groups excluding carboxylic acids is 1. The van der Waals surface area contributed by atoms with Crippen LogP contribution in [0, 0.1) is 11.3 Å². The van der Waals surface area contributed by atoms with E-state index >= 15 is 0 Å². The lowest BCUT2D eigenvalue weighted by molar-refractivity contribution is -0.201. The Kier molecular flexibility index (Phi) is 6.35. The molecule has 4 aliphatic rings. The van der Waals surface area contributed by atoms with Gasteiger partial charge in [-0.3, -0.25) is 9.78 Å². The molecule has 0 bridgehead atoms. The van der Waals surface area contributed by atoms with E-state index < -0.39 is 35.5 Å². The molecule has 1 amide bonds. The first-order valence-electron chi connectivity index (χ1n) is 13.4. The molecule has 5 atom stereocenters. The number of amides is 1. The van der Waals surface area contributed by atoms with Crippen molar-refractivity contribution >= 4 is 5.91 Å². The predicted molar refractivity (Wildman–Crippen MR) is 129 cm³/mol. The van der Waals surface area contributed by atoms with Gasteiger partial charge in [-0.25, -0.2) is 0 Å². The van der Waals surface area contributed by atoms with Gasteiger partial charge in [0.1, 0.15) is 5.75 Å². The van der Waals surface area contributed by atoms with Gasteiger partial charge in [0.15, 0.2) is 6.10 Å². The van der Waals surface area contributed by atoms with Crippen molar-refractivity contribution in [3.63, 3.8) is 0 Å². The van der Waals surface area contributed by atoms with Crippen LogP contribution in [-0.2, 0) is 23.9 Å². The molecular weight excluding hydrogens is 524 g/mol. The van der Waals surface area contributed by atoms with Crippen LogP contribution in [0.3, 0.4) is 0 Å². The molecule has 2 saturated carbocycles. The maximum Gasteiger partial charge on any atom is 0.425 e. The second-order valence-corrected chi connectivity index (χ2v) is 11.3. The summed E-state index contributed by atoms with van der Waals surface area (Å²) in [6.45, 7) is 0.468. The lowest BCUT2D eigenvalue weighted by Crippen LogP contribution is -2.47. The van der Waals surface area contributed by atoms with Gasteiger partial charge in [0, 0.05) is 55.5 Å². The van der Waals surface area contributed by atoms with Gasteiger partial charge in [-0.2, -0.15) is 26.3 Å². The molecule has 2 aliphatic carbocycles. The number of ether oxygens (including phenoxy) is 1. The van der Waals surface area contributed by atoms with E-state index in [1.54, 1.807) is 29.2 Å². The van der Waals surface area contributed by atoms with Crippen molar-refractivity contribution in [2.24, 2.45) is 11.3 Å². The summed E-state index contributed by atoms with van der Waals surface area (Å²) in [5.74, 6) is 0.237. The van der Waals surface area contributed by atoms with Gasteiger partial charge in [0.25, 0.3) is 0 Å². The highest BCUT2D eigenvalue weighted by Gasteiger charge is 2.57. The Hall–Kier alpha value is -2.82. The summed E-state index contributed by atoms with van der Waals surface area (Å²) in [4.78, 5) is 19.7. The minimum absolute atomic E-state index is 0.0575. The molecule has 0 spiro atoms. The monoisotopic (exact) mass is 553 g/mol. The molecule has 0 radical (unpaired) electrons. The summed E-state index contributed by atoms with van der Waals surface area (Å²) >= 11 is 0. The van der Waals surface area contributed by atoms with Gasteiger partial charge < -0.3 is 15.0 Å². The summed E-state index contributed by atoms with van der Waals surface area (Å²) in [7, 11) is 0. The molecule has 2 aliphatic heterocycles. The number of benzene rings is 1. The molecule has 11 heteroatoms. The quantitative estimate of drug-likeness (QED) is 0.476. The van der Waals surface area contributed by atoms with Crippen LogP contribution < -0.4 is 10.1 Å². The molecule has 5 nitrogen and oxygen atoms in total.